The minimum atomic E-state index is 0.00426. The van der Waals surface area contributed by atoms with Crippen molar-refractivity contribution in [2.45, 2.75) is 40.0 Å². The lowest BCUT2D eigenvalue weighted by atomic mass is 9.95. The Morgan fingerprint density at radius 3 is 2.56 bits per heavy atom. The zero-order valence-corrected chi connectivity index (χ0v) is 19.0. The molecule has 1 saturated heterocycles. The number of nitrogens with one attached hydrogen (secondary N) is 1. The minimum absolute atomic E-state index is 0.00426. The number of nitrogens with zero attached hydrogens (tertiary/aromatic N) is 3. The number of hydrogen-bond acceptors (Lipinski definition) is 5. The van der Waals surface area contributed by atoms with Crippen LogP contribution in [-0.2, 0) is 11.2 Å². The van der Waals surface area contributed by atoms with Crippen molar-refractivity contribution in [2.24, 2.45) is 5.92 Å². The molecule has 1 fully saturated rings. The molecule has 1 N–H and O–H groups in total. The quantitative estimate of drug-likeness (QED) is 0.574. The predicted molar refractivity (Wildman–Crippen MR) is 127 cm³/mol. The fourth-order valence-electron chi connectivity index (χ4n) is 3.94. The van der Waals surface area contributed by atoms with Crippen molar-refractivity contribution < 1.29 is 9.53 Å². The van der Waals surface area contributed by atoms with Crippen LogP contribution in [0.2, 0.25) is 0 Å². The Morgan fingerprint density at radius 2 is 1.84 bits per heavy atom. The van der Waals surface area contributed by atoms with Crippen LogP contribution < -0.4 is 15.0 Å². The number of carbonyl (C=O) groups is 1. The molecule has 4 rings (SSSR count). The average molecular weight is 431 g/mol. The molecule has 6 heteroatoms. The predicted octanol–water partition coefficient (Wildman–Crippen LogP) is 5.30. The van der Waals surface area contributed by atoms with Gasteiger partial charge in [0.2, 0.25) is 11.8 Å². The third kappa shape index (κ3) is 5.07. The normalized spacial score (nSPS) is 14.3. The molecule has 0 spiro atoms. The first-order valence-corrected chi connectivity index (χ1v) is 11.2. The SMILES string of the molecule is CCc1ccc(NC(=O)C2CCN(c3cc(Oc4cccc(C)c4C)ncn3)CC2)cc1. The average Bonchev–Trinajstić information content (AvgIpc) is 2.83. The zero-order chi connectivity index (χ0) is 22.5. The molecule has 1 aromatic heterocycles. The summed E-state index contributed by atoms with van der Waals surface area (Å²) < 4.78 is 6.02. The second kappa shape index (κ2) is 9.81. The van der Waals surface area contributed by atoms with Gasteiger partial charge >= 0.3 is 0 Å². The second-order valence-corrected chi connectivity index (χ2v) is 8.32. The topological polar surface area (TPSA) is 67.4 Å². The van der Waals surface area contributed by atoms with Gasteiger partial charge < -0.3 is 15.0 Å². The molecule has 2 heterocycles. The number of hydrogen-bond donors (Lipinski definition) is 1. The van der Waals surface area contributed by atoms with E-state index in [1.54, 1.807) is 0 Å². The highest BCUT2D eigenvalue weighted by atomic mass is 16.5. The van der Waals surface area contributed by atoms with Gasteiger partial charge in [0, 0.05) is 30.8 Å². The molecule has 0 bridgehead atoms. The lowest BCUT2D eigenvalue weighted by Gasteiger charge is -2.32. The lowest BCUT2D eigenvalue weighted by Crippen LogP contribution is -2.38. The standard InChI is InChI=1S/C26H30N4O2/c1-4-20-8-10-22(11-9-20)29-26(31)21-12-14-30(15-13-21)24-16-25(28-17-27-24)32-23-7-5-6-18(2)19(23)3/h5-11,16-17,21H,4,12-15H2,1-3H3,(H,29,31). The summed E-state index contributed by atoms with van der Waals surface area (Å²) >= 11 is 0. The van der Waals surface area contributed by atoms with Crippen LogP contribution in [0.5, 0.6) is 11.6 Å². The summed E-state index contributed by atoms with van der Waals surface area (Å²) in [5, 5.41) is 3.06. The first kappa shape index (κ1) is 21.8. The zero-order valence-electron chi connectivity index (χ0n) is 19.0. The molecule has 6 nitrogen and oxygen atoms in total. The number of benzene rings is 2. The molecule has 0 radical (unpaired) electrons. The second-order valence-electron chi connectivity index (χ2n) is 8.32. The van der Waals surface area contributed by atoms with Gasteiger partial charge in [-0.25, -0.2) is 9.97 Å². The molecule has 0 saturated carbocycles. The van der Waals surface area contributed by atoms with E-state index < -0.39 is 0 Å². The van der Waals surface area contributed by atoms with Gasteiger partial charge in [0.25, 0.3) is 0 Å². The lowest BCUT2D eigenvalue weighted by molar-refractivity contribution is -0.120. The molecule has 2 aromatic carbocycles. The number of carbonyl (C=O) groups excluding carboxylic acids is 1. The van der Waals surface area contributed by atoms with E-state index in [-0.39, 0.29) is 11.8 Å². The number of aromatic nitrogens is 2. The number of ether oxygens (including phenoxy) is 1. The fraction of sp³-hybridized carbons (Fsp3) is 0.346. The Balaban J connectivity index is 1.35. The molecule has 3 aromatic rings. The van der Waals surface area contributed by atoms with Gasteiger partial charge in [-0.2, -0.15) is 0 Å². The Bertz CT molecular complexity index is 1070. The maximum atomic E-state index is 12.7. The van der Waals surface area contributed by atoms with Crippen molar-refractivity contribution in [3.05, 3.63) is 71.5 Å². The van der Waals surface area contributed by atoms with Crippen LogP contribution in [0, 0.1) is 19.8 Å². The van der Waals surface area contributed by atoms with Crippen molar-refractivity contribution in [1.29, 1.82) is 0 Å². The van der Waals surface area contributed by atoms with Crippen molar-refractivity contribution >= 4 is 17.4 Å². The van der Waals surface area contributed by atoms with Gasteiger partial charge in [0.15, 0.2) is 0 Å². The first-order valence-electron chi connectivity index (χ1n) is 11.2. The summed E-state index contributed by atoms with van der Waals surface area (Å²) in [7, 11) is 0. The number of anilines is 2. The third-order valence-corrected chi connectivity index (χ3v) is 6.22. The van der Waals surface area contributed by atoms with E-state index in [0.29, 0.717) is 5.88 Å². The smallest absolute Gasteiger partial charge is 0.227 e. The third-order valence-electron chi connectivity index (χ3n) is 6.22. The molecule has 0 aliphatic carbocycles. The first-order chi connectivity index (χ1) is 15.5. The van der Waals surface area contributed by atoms with Gasteiger partial charge in [-0.05, 0) is 68.0 Å². The summed E-state index contributed by atoms with van der Waals surface area (Å²) in [6.07, 6.45) is 4.10. The summed E-state index contributed by atoms with van der Waals surface area (Å²) in [5.41, 5.74) is 4.41. The molecular formula is C26H30N4O2. The van der Waals surface area contributed by atoms with E-state index in [0.717, 1.165) is 55.2 Å². The van der Waals surface area contributed by atoms with Gasteiger partial charge in [-0.1, -0.05) is 31.2 Å². The summed E-state index contributed by atoms with van der Waals surface area (Å²) in [4.78, 5) is 23.6. The Morgan fingerprint density at radius 1 is 1.09 bits per heavy atom. The fourth-order valence-corrected chi connectivity index (χ4v) is 3.94. The molecule has 32 heavy (non-hydrogen) atoms. The van der Waals surface area contributed by atoms with Gasteiger partial charge in [-0.15, -0.1) is 0 Å². The monoisotopic (exact) mass is 430 g/mol. The highest BCUT2D eigenvalue weighted by Crippen LogP contribution is 2.29. The van der Waals surface area contributed by atoms with Crippen LogP contribution in [0.25, 0.3) is 0 Å². The Kier molecular flexibility index (Phi) is 6.69. The van der Waals surface area contributed by atoms with E-state index in [2.05, 4.69) is 52.2 Å². The van der Waals surface area contributed by atoms with Crippen LogP contribution in [0.4, 0.5) is 11.5 Å². The van der Waals surface area contributed by atoms with Gasteiger partial charge in [0.1, 0.15) is 17.9 Å². The molecule has 166 valence electrons. The number of piperidine rings is 1. The van der Waals surface area contributed by atoms with Gasteiger partial charge in [-0.3, -0.25) is 4.79 Å². The highest BCUT2D eigenvalue weighted by Gasteiger charge is 2.26. The summed E-state index contributed by atoms with van der Waals surface area (Å²) in [6.45, 7) is 7.77. The molecule has 1 aliphatic rings. The van der Waals surface area contributed by atoms with Crippen LogP contribution in [-0.4, -0.2) is 29.0 Å². The Labute approximate surface area is 189 Å². The molecule has 0 unspecified atom stereocenters. The largest absolute Gasteiger partial charge is 0.439 e. The van der Waals surface area contributed by atoms with Crippen LogP contribution >= 0.6 is 0 Å². The van der Waals surface area contributed by atoms with Gasteiger partial charge in [0.05, 0.1) is 0 Å². The van der Waals surface area contributed by atoms with E-state index >= 15 is 0 Å². The van der Waals surface area contributed by atoms with Crippen molar-refractivity contribution in [2.75, 3.05) is 23.3 Å². The minimum Gasteiger partial charge on any atom is -0.439 e. The van der Waals surface area contributed by atoms with Crippen molar-refractivity contribution in [3.8, 4) is 11.6 Å². The number of amides is 1. The van der Waals surface area contributed by atoms with Crippen LogP contribution in [0.3, 0.4) is 0 Å². The maximum absolute atomic E-state index is 12.7. The molecular weight excluding hydrogens is 400 g/mol. The molecule has 1 amide bonds. The summed E-state index contributed by atoms with van der Waals surface area (Å²) in [5.74, 6) is 2.26. The number of rotatable bonds is 6. The van der Waals surface area contributed by atoms with E-state index in [4.69, 9.17) is 4.74 Å². The van der Waals surface area contributed by atoms with Crippen molar-refractivity contribution in [3.63, 3.8) is 0 Å². The maximum Gasteiger partial charge on any atom is 0.227 e. The van der Waals surface area contributed by atoms with E-state index in [1.165, 1.54) is 17.5 Å². The van der Waals surface area contributed by atoms with Crippen LogP contribution in [0.15, 0.2) is 54.9 Å². The summed E-state index contributed by atoms with van der Waals surface area (Å²) in [6, 6.07) is 15.9. The van der Waals surface area contributed by atoms with Crippen molar-refractivity contribution in [1.82, 2.24) is 9.97 Å². The Hall–Kier alpha value is -3.41. The molecule has 1 aliphatic heterocycles. The number of aryl methyl sites for hydroxylation is 2. The van der Waals surface area contributed by atoms with E-state index in [9.17, 15) is 4.79 Å². The van der Waals surface area contributed by atoms with E-state index in [1.807, 2.05) is 37.3 Å². The highest BCUT2D eigenvalue weighted by molar-refractivity contribution is 5.92. The van der Waals surface area contributed by atoms with Crippen LogP contribution in [0.1, 0.15) is 36.5 Å². The molecule has 0 atom stereocenters.